The fraction of sp³-hybridized carbons (Fsp3) is 1.00. The number of nitrogens with zero attached hydrogens (tertiary/aromatic N) is 1. The maximum absolute atomic E-state index is 12.7. The van der Waals surface area contributed by atoms with Crippen LogP contribution in [0.15, 0.2) is 0 Å². The van der Waals surface area contributed by atoms with Crippen LogP contribution in [-0.4, -0.2) is 38.4 Å². The molecule has 0 saturated carbocycles. The van der Waals surface area contributed by atoms with Gasteiger partial charge in [0.05, 0.1) is 12.8 Å². The smallest absolute Gasteiger partial charge is 0.312 e. The molecular formula is C10H18F6NO3P. The second-order valence-corrected chi connectivity index (χ2v) is 6.57. The molecule has 0 aromatic heterocycles. The fourth-order valence-electron chi connectivity index (χ4n) is 2.51. The normalized spacial score (nSPS) is 15.1. The molecule has 0 amide bonds. The lowest BCUT2D eigenvalue weighted by Gasteiger charge is -2.46. The van der Waals surface area contributed by atoms with Crippen molar-refractivity contribution in [3.8, 4) is 0 Å². The van der Waals surface area contributed by atoms with Crippen LogP contribution in [0, 0.1) is 0 Å². The summed E-state index contributed by atoms with van der Waals surface area (Å²) < 4.78 is 87.5. The summed E-state index contributed by atoms with van der Waals surface area (Å²) in [7, 11) is -5.31. The van der Waals surface area contributed by atoms with Crippen molar-refractivity contribution in [3.05, 3.63) is 0 Å². The Labute approximate surface area is 118 Å². The van der Waals surface area contributed by atoms with Gasteiger partial charge in [0.25, 0.3) is 0 Å². The molecule has 0 aliphatic heterocycles. The van der Waals surface area contributed by atoms with Gasteiger partial charge in [-0.25, -0.2) is 4.57 Å². The van der Waals surface area contributed by atoms with E-state index in [-0.39, 0.29) is 4.67 Å². The summed E-state index contributed by atoms with van der Waals surface area (Å²) in [5.41, 5.74) is -2.75. The van der Waals surface area contributed by atoms with Gasteiger partial charge in [0, 0.05) is 11.6 Å². The molecule has 0 aliphatic rings. The topological polar surface area (TPSA) is 60.8 Å². The van der Waals surface area contributed by atoms with E-state index < -0.39 is 50.9 Å². The summed E-state index contributed by atoms with van der Waals surface area (Å²) in [6.45, 7) is 3.31. The maximum Gasteiger partial charge on any atom is 0.403 e. The SMILES string of the molecule is CCC(CC(F)(F)F)(CC(F)(F)F)N(C(C)C)P(=O)(O)O. The van der Waals surface area contributed by atoms with E-state index in [0.717, 1.165) is 20.8 Å². The minimum Gasteiger partial charge on any atom is -0.312 e. The molecule has 0 atom stereocenters. The highest BCUT2D eigenvalue weighted by Gasteiger charge is 2.55. The van der Waals surface area contributed by atoms with Gasteiger partial charge in [0.2, 0.25) is 0 Å². The molecule has 4 nitrogen and oxygen atoms in total. The van der Waals surface area contributed by atoms with Crippen LogP contribution >= 0.6 is 7.75 Å². The van der Waals surface area contributed by atoms with Gasteiger partial charge < -0.3 is 9.79 Å². The zero-order valence-electron chi connectivity index (χ0n) is 11.7. The van der Waals surface area contributed by atoms with E-state index >= 15 is 0 Å². The van der Waals surface area contributed by atoms with Crippen LogP contribution in [0.3, 0.4) is 0 Å². The Hall–Kier alpha value is -0.310. The molecule has 0 rings (SSSR count). The standard InChI is InChI=1S/C10H18F6NO3P/c1-4-8(5-9(11,12)13,6-10(14,15)16)17(7(2)3)21(18,19)20/h7H,4-6H2,1-3H3,(H2,18,19,20). The van der Waals surface area contributed by atoms with Crippen LogP contribution in [0.1, 0.15) is 40.0 Å². The minimum absolute atomic E-state index is 0.0288. The minimum atomic E-state index is -5.31. The number of halogens is 6. The van der Waals surface area contributed by atoms with Gasteiger partial charge in [-0.2, -0.15) is 31.0 Å². The molecule has 0 bridgehead atoms. The molecule has 128 valence electrons. The van der Waals surface area contributed by atoms with Crippen molar-refractivity contribution in [1.29, 1.82) is 0 Å². The van der Waals surface area contributed by atoms with Crippen LogP contribution in [0.5, 0.6) is 0 Å². The first-order chi connectivity index (χ1) is 9.04. The fourth-order valence-corrected chi connectivity index (χ4v) is 3.94. The average Bonchev–Trinajstić information content (AvgIpc) is 2.07. The van der Waals surface area contributed by atoms with E-state index in [1.165, 1.54) is 0 Å². The maximum atomic E-state index is 12.7. The highest BCUT2D eigenvalue weighted by molar-refractivity contribution is 7.49. The Morgan fingerprint density at radius 3 is 1.48 bits per heavy atom. The van der Waals surface area contributed by atoms with Crippen LogP contribution in [0.25, 0.3) is 0 Å². The first-order valence-electron chi connectivity index (χ1n) is 6.03. The summed E-state index contributed by atoms with van der Waals surface area (Å²) in [6.07, 6.45) is -14.6. The van der Waals surface area contributed by atoms with Crippen molar-refractivity contribution in [2.24, 2.45) is 0 Å². The van der Waals surface area contributed by atoms with Crippen LogP contribution in [-0.2, 0) is 4.57 Å². The Balaban J connectivity index is 6.02. The summed E-state index contributed by atoms with van der Waals surface area (Å²) in [4.78, 5) is 18.4. The highest BCUT2D eigenvalue weighted by Crippen LogP contribution is 2.54. The van der Waals surface area contributed by atoms with Crippen LogP contribution < -0.4 is 0 Å². The number of hydrogen-bond acceptors (Lipinski definition) is 1. The van der Waals surface area contributed by atoms with Gasteiger partial charge in [0.15, 0.2) is 0 Å². The third-order valence-corrected chi connectivity index (χ3v) is 4.42. The molecular weight excluding hydrogens is 327 g/mol. The van der Waals surface area contributed by atoms with Gasteiger partial charge in [-0.3, -0.25) is 0 Å². The predicted molar refractivity (Wildman–Crippen MR) is 63.4 cm³/mol. The zero-order valence-corrected chi connectivity index (χ0v) is 12.6. The van der Waals surface area contributed by atoms with Crippen molar-refractivity contribution < 1.29 is 40.7 Å². The molecule has 0 unspecified atom stereocenters. The molecule has 0 radical (unpaired) electrons. The monoisotopic (exact) mass is 345 g/mol. The summed E-state index contributed by atoms with van der Waals surface area (Å²) in [5, 5.41) is 0. The largest absolute Gasteiger partial charge is 0.403 e. The third kappa shape index (κ3) is 6.54. The second kappa shape index (κ2) is 6.44. The van der Waals surface area contributed by atoms with E-state index in [1.807, 2.05) is 0 Å². The average molecular weight is 345 g/mol. The molecule has 2 N–H and O–H groups in total. The number of hydrogen-bond donors (Lipinski definition) is 2. The third-order valence-electron chi connectivity index (χ3n) is 2.97. The van der Waals surface area contributed by atoms with Crippen LogP contribution in [0.2, 0.25) is 0 Å². The molecule has 21 heavy (non-hydrogen) atoms. The van der Waals surface area contributed by atoms with Crippen molar-refractivity contribution >= 4 is 7.75 Å². The van der Waals surface area contributed by atoms with Crippen molar-refractivity contribution in [2.45, 2.75) is 64.0 Å². The van der Waals surface area contributed by atoms with E-state index in [2.05, 4.69) is 0 Å². The first-order valence-corrected chi connectivity index (χ1v) is 7.59. The number of rotatable bonds is 6. The molecule has 0 aromatic carbocycles. The van der Waals surface area contributed by atoms with Gasteiger partial charge in [0.1, 0.15) is 0 Å². The summed E-state index contributed by atoms with van der Waals surface area (Å²) in [6, 6.07) is -1.20. The molecule has 0 aliphatic carbocycles. The van der Waals surface area contributed by atoms with Gasteiger partial charge in [-0.15, -0.1) is 0 Å². The predicted octanol–water partition coefficient (Wildman–Crippen LogP) is 3.84. The summed E-state index contributed by atoms with van der Waals surface area (Å²) >= 11 is 0. The van der Waals surface area contributed by atoms with Crippen molar-refractivity contribution in [1.82, 2.24) is 4.67 Å². The van der Waals surface area contributed by atoms with Gasteiger partial charge >= 0.3 is 20.1 Å². The van der Waals surface area contributed by atoms with E-state index in [1.54, 1.807) is 0 Å². The van der Waals surface area contributed by atoms with Crippen molar-refractivity contribution in [3.63, 3.8) is 0 Å². The van der Waals surface area contributed by atoms with Crippen LogP contribution in [0.4, 0.5) is 26.3 Å². The van der Waals surface area contributed by atoms with E-state index in [4.69, 9.17) is 0 Å². The molecule has 0 spiro atoms. The number of alkyl halides is 6. The Bertz CT molecular complexity index is 373. The Morgan fingerprint density at radius 1 is 1.00 bits per heavy atom. The second-order valence-electron chi connectivity index (χ2n) is 5.11. The molecule has 0 saturated heterocycles. The molecule has 0 fully saturated rings. The quantitative estimate of drug-likeness (QED) is 0.567. The lowest BCUT2D eigenvalue weighted by molar-refractivity contribution is -0.196. The van der Waals surface area contributed by atoms with E-state index in [0.29, 0.717) is 0 Å². The lowest BCUT2D eigenvalue weighted by Crippen LogP contribution is -2.54. The van der Waals surface area contributed by atoms with Crippen molar-refractivity contribution in [2.75, 3.05) is 0 Å². The summed E-state index contributed by atoms with van der Waals surface area (Å²) in [5.74, 6) is 0. The van der Waals surface area contributed by atoms with Gasteiger partial charge in [-0.05, 0) is 20.3 Å². The van der Waals surface area contributed by atoms with E-state index in [9.17, 15) is 40.7 Å². The molecule has 0 heterocycles. The first kappa shape index (κ1) is 20.7. The van der Waals surface area contributed by atoms with Gasteiger partial charge in [-0.1, -0.05) is 6.92 Å². The Morgan fingerprint density at radius 2 is 1.33 bits per heavy atom. The Kier molecular flexibility index (Phi) is 6.34. The highest BCUT2D eigenvalue weighted by atomic mass is 31.2. The molecule has 11 heteroatoms. The molecule has 0 aromatic rings. The zero-order chi connectivity index (χ0) is 17.3. The lowest BCUT2D eigenvalue weighted by atomic mass is 9.86.